The number of carbonyl (C=O) groups excluding carboxylic acids is 2. The van der Waals surface area contributed by atoms with Crippen LogP contribution in [0.2, 0.25) is 0 Å². The smallest absolute Gasteiger partial charge is 0.358 e. The molecule has 3 heterocycles. The molecule has 136 valence electrons. The van der Waals surface area contributed by atoms with Crippen molar-refractivity contribution in [2.75, 3.05) is 20.2 Å². The number of ether oxygens (including phenoxy) is 1. The van der Waals surface area contributed by atoms with Gasteiger partial charge in [0.05, 0.1) is 13.3 Å². The maximum absolute atomic E-state index is 11.6. The highest BCUT2D eigenvalue weighted by Crippen LogP contribution is 2.30. The van der Waals surface area contributed by atoms with Gasteiger partial charge in [-0.2, -0.15) is 0 Å². The Hall–Kier alpha value is -2.44. The van der Waals surface area contributed by atoms with Gasteiger partial charge < -0.3 is 14.2 Å². The van der Waals surface area contributed by atoms with Crippen molar-refractivity contribution >= 4 is 23.0 Å². The molecule has 1 aliphatic rings. The van der Waals surface area contributed by atoms with E-state index in [0.717, 1.165) is 37.3 Å². The molecule has 0 radical (unpaired) electrons. The molecule has 3 rings (SSSR count). The van der Waals surface area contributed by atoms with E-state index in [1.165, 1.54) is 13.3 Å². The average molecular weight is 346 g/mol. The Labute approximate surface area is 148 Å². The third-order valence-corrected chi connectivity index (χ3v) is 4.52. The van der Waals surface area contributed by atoms with Crippen LogP contribution >= 0.6 is 0 Å². The van der Waals surface area contributed by atoms with E-state index in [-0.39, 0.29) is 11.6 Å². The van der Waals surface area contributed by atoms with Crippen molar-refractivity contribution in [1.82, 2.24) is 19.4 Å². The molecule has 0 aromatic carbocycles. The van der Waals surface area contributed by atoms with Crippen molar-refractivity contribution in [1.29, 1.82) is 0 Å². The molecule has 0 unspecified atom stereocenters. The molecular weight excluding hydrogens is 320 g/mol. The Morgan fingerprint density at radius 3 is 2.44 bits per heavy atom. The first-order chi connectivity index (χ1) is 12.0. The fourth-order valence-corrected chi connectivity index (χ4v) is 3.20. The van der Waals surface area contributed by atoms with Crippen molar-refractivity contribution in [2.24, 2.45) is 7.05 Å². The highest BCUT2D eigenvalue weighted by molar-refractivity contribution is 5.89. The summed E-state index contributed by atoms with van der Waals surface area (Å²) in [6, 6.07) is 1.99. The standard InChI is InChI=1S/C16H20N4O3.C2H6/c1-10(21)20-6-4-11(5-7-20)14-8-12-15(19(14)2)17-9-13(18-12)16(22)23-3;1-2/h8-9,11H,4-7H2,1-3H3;1-2H3. The molecule has 0 bridgehead atoms. The Bertz CT molecular complexity index is 761. The summed E-state index contributed by atoms with van der Waals surface area (Å²) in [5.74, 6) is 0.0132. The van der Waals surface area contributed by atoms with Gasteiger partial charge in [0, 0.05) is 38.7 Å². The van der Waals surface area contributed by atoms with Crippen LogP contribution in [-0.2, 0) is 16.6 Å². The van der Waals surface area contributed by atoms with Crippen LogP contribution in [-0.4, -0.2) is 51.5 Å². The largest absolute Gasteiger partial charge is 0.464 e. The van der Waals surface area contributed by atoms with Crippen LogP contribution in [0.3, 0.4) is 0 Å². The van der Waals surface area contributed by atoms with E-state index in [4.69, 9.17) is 0 Å². The Kier molecular flexibility index (Phi) is 6.12. The van der Waals surface area contributed by atoms with Crippen LogP contribution in [0.5, 0.6) is 0 Å². The van der Waals surface area contributed by atoms with E-state index in [0.29, 0.717) is 11.4 Å². The topological polar surface area (TPSA) is 77.3 Å². The number of aryl methyl sites for hydroxylation is 1. The number of amides is 1. The van der Waals surface area contributed by atoms with Crippen molar-refractivity contribution in [2.45, 2.75) is 39.5 Å². The first-order valence-electron chi connectivity index (χ1n) is 8.67. The third-order valence-electron chi connectivity index (χ3n) is 4.52. The first kappa shape index (κ1) is 18.9. The Balaban J connectivity index is 0.00000109. The molecule has 2 aromatic rings. The number of hydrogen-bond acceptors (Lipinski definition) is 5. The van der Waals surface area contributed by atoms with Gasteiger partial charge in [0.15, 0.2) is 11.3 Å². The van der Waals surface area contributed by atoms with Gasteiger partial charge in [0.1, 0.15) is 5.52 Å². The molecule has 25 heavy (non-hydrogen) atoms. The monoisotopic (exact) mass is 346 g/mol. The molecule has 0 aliphatic carbocycles. The van der Waals surface area contributed by atoms with Crippen LogP contribution in [0.1, 0.15) is 55.7 Å². The minimum atomic E-state index is -0.487. The van der Waals surface area contributed by atoms with E-state index in [1.807, 2.05) is 36.4 Å². The van der Waals surface area contributed by atoms with Gasteiger partial charge in [0.25, 0.3) is 0 Å². The summed E-state index contributed by atoms with van der Waals surface area (Å²) in [7, 11) is 3.29. The number of hydrogen-bond donors (Lipinski definition) is 0. The third kappa shape index (κ3) is 3.81. The molecule has 7 heteroatoms. The second kappa shape index (κ2) is 8.09. The maximum atomic E-state index is 11.6. The molecular formula is C18H26N4O3. The fourth-order valence-electron chi connectivity index (χ4n) is 3.20. The second-order valence-corrected chi connectivity index (χ2v) is 5.86. The van der Waals surface area contributed by atoms with E-state index in [9.17, 15) is 9.59 Å². The minimum Gasteiger partial charge on any atom is -0.464 e. The normalized spacial score (nSPS) is 14.8. The van der Waals surface area contributed by atoms with Crippen LogP contribution in [0.4, 0.5) is 0 Å². The molecule has 1 saturated heterocycles. The highest BCUT2D eigenvalue weighted by Gasteiger charge is 2.25. The number of rotatable bonds is 2. The number of methoxy groups -OCH3 is 1. The summed E-state index contributed by atoms with van der Waals surface area (Å²) >= 11 is 0. The van der Waals surface area contributed by atoms with Crippen LogP contribution in [0.15, 0.2) is 12.3 Å². The number of likely N-dealkylation sites (tertiary alicyclic amines) is 1. The molecule has 1 fully saturated rings. The summed E-state index contributed by atoms with van der Waals surface area (Å²) < 4.78 is 6.71. The van der Waals surface area contributed by atoms with E-state index < -0.39 is 5.97 Å². The van der Waals surface area contributed by atoms with Gasteiger partial charge in [-0.15, -0.1) is 0 Å². The lowest BCUT2D eigenvalue weighted by Gasteiger charge is -2.31. The number of esters is 1. The SMILES string of the molecule is CC.COC(=O)c1cnc2c(cc(C3CCN(C(C)=O)CC3)n2C)n1. The number of carbonyl (C=O) groups is 2. The predicted molar refractivity (Wildman–Crippen MR) is 95.4 cm³/mol. The molecule has 0 saturated carbocycles. The second-order valence-electron chi connectivity index (χ2n) is 5.86. The van der Waals surface area contributed by atoms with E-state index in [1.54, 1.807) is 6.92 Å². The van der Waals surface area contributed by atoms with Crippen molar-refractivity contribution < 1.29 is 14.3 Å². The molecule has 0 spiro atoms. The fraction of sp³-hybridized carbons (Fsp3) is 0.556. The van der Waals surface area contributed by atoms with Gasteiger partial charge in [-0.1, -0.05) is 13.8 Å². The van der Waals surface area contributed by atoms with Crippen LogP contribution < -0.4 is 0 Å². The lowest BCUT2D eigenvalue weighted by molar-refractivity contribution is -0.129. The summed E-state index contributed by atoms with van der Waals surface area (Å²) in [6.07, 6.45) is 3.29. The Morgan fingerprint density at radius 1 is 1.24 bits per heavy atom. The summed E-state index contributed by atoms with van der Waals surface area (Å²) in [4.78, 5) is 33.6. The number of aromatic nitrogens is 3. The highest BCUT2D eigenvalue weighted by atomic mass is 16.5. The van der Waals surface area contributed by atoms with Crippen molar-refractivity contribution in [3.63, 3.8) is 0 Å². The van der Waals surface area contributed by atoms with Crippen LogP contribution in [0, 0.1) is 0 Å². The minimum absolute atomic E-state index is 0.131. The Morgan fingerprint density at radius 2 is 1.88 bits per heavy atom. The first-order valence-corrected chi connectivity index (χ1v) is 8.67. The van der Waals surface area contributed by atoms with Crippen molar-refractivity contribution in [3.8, 4) is 0 Å². The summed E-state index contributed by atoms with van der Waals surface area (Å²) in [5, 5.41) is 0. The van der Waals surface area contributed by atoms with Gasteiger partial charge in [0.2, 0.25) is 5.91 Å². The van der Waals surface area contributed by atoms with Gasteiger partial charge in [-0.25, -0.2) is 14.8 Å². The van der Waals surface area contributed by atoms with Gasteiger partial charge >= 0.3 is 5.97 Å². The summed E-state index contributed by atoms with van der Waals surface area (Å²) in [6.45, 7) is 7.16. The van der Waals surface area contributed by atoms with E-state index >= 15 is 0 Å². The molecule has 1 aliphatic heterocycles. The molecule has 7 nitrogen and oxygen atoms in total. The van der Waals surface area contributed by atoms with Gasteiger partial charge in [-0.05, 0) is 18.9 Å². The zero-order valence-corrected chi connectivity index (χ0v) is 15.6. The molecule has 1 amide bonds. The zero-order valence-electron chi connectivity index (χ0n) is 15.6. The molecule has 0 atom stereocenters. The number of nitrogens with zero attached hydrogens (tertiary/aromatic N) is 4. The molecule has 0 N–H and O–H groups in total. The zero-order chi connectivity index (χ0) is 18.6. The lowest BCUT2D eigenvalue weighted by Crippen LogP contribution is -2.36. The van der Waals surface area contributed by atoms with Crippen molar-refractivity contribution in [3.05, 3.63) is 23.7 Å². The predicted octanol–water partition coefficient (Wildman–Crippen LogP) is 2.51. The summed E-state index contributed by atoms with van der Waals surface area (Å²) in [5.41, 5.74) is 2.80. The van der Waals surface area contributed by atoms with E-state index in [2.05, 4.69) is 14.7 Å². The quantitative estimate of drug-likeness (QED) is 0.781. The van der Waals surface area contributed by atoms with Crippen LogP contribution in [0.25, 0.3) is 11.2 Å². The number of fused-ring (bicyclic) bond motifs is 1. The van der Waals surface area contributed by atoms with Gasteiger partial charge in [-0.3, -0.25) is 4.79 Å². The maximum Gasteiger partial charge on any atom is 0.358 e. The average Bonchev–Trinajstić information content (AvgIpc) is 2.99. The number of piperidine rings is 1. The molecule has 2 aromatic heterocycles. The lowest BCUT2D eigenvalue weighted by atomic mass is 9.93.